The van der Waals surface area contributed by atoms with Gasteiger partial charge in [-0.1, -0.05) is 36.4 Å². The fourth-order valence-electron chi connectivity index (χ4n) is 9.58. The molecule has 0 N–H and O–H groups in total. The SMILES string of the molecule is COc1cc2c(cc1OCc1cc(COc3cc4c(cc3OC)C(=O)N3c5ccccc5C[C@H]3C=[N+]4C)cc(N(C)CCCC(=O)ON3C(=O)CCC3=O)c1)N=C[C@@H]1Cc3ccccc3N1C2=O. The van der Waals surface area contributed by atoms with E-state index in [1.54, 1.807) is 30.2 Å². The second-order valence-electron chi connectivity index (χ2n) is 17.4. The zero-order valence-electron chi connectivity index (χ0n) is 38.1. The van der Waals surface area contributed by atoms with E-state index in [0.717, 1.165) is 39.3 Å². The van der Waals surface area contributed by atoms with Crippen molar-refractivity contribution in [2.45, 2.75) is 63.8 Å². The number of ether oxygens (including phenoxy) is 4. The van der Waals surface area contributed by atoms with E-state index in [2.05, 4.69) is 12.3 Å². The van der Waals surface area contributed by atoms with Crippen molar-refractivity contribution in [1.82, 2.24) is 5.06 Å². The van der Waals surface area contributed by atoms with Crippen LogP contribution in [0.4, 0.5) is 28.4 Å². The number of fused-ring (bicyclic) bond motifs is 8. The minimum absolute atomic E-state index is 0.0195. The molecule has 10 rings (SSSR count). The highest BCUT2D eigenvalue weighted by Gasteiger charge is 2.41. The first-order chi connectivity index (χ1) is 33.0. The summed E-state index contributed by atoms with van der Waals surface area (Å²) in [6, 6.07) is 28.4. The first-order valence-electron chi connectivity index (χ1n) is 22.5. The topological polar surface area (TPSA) is 160 Å². The maximum atomic E-state index is 14.2. The molecule has 68 heavy (non-hydrogen) atoms. The highest BCUT2D eigenvalue weighted by atomic mass is 16.7. The number of amides is 4. The molecule has 16 nitrogen and oxygen atoms in total. The number of carbonyl (C=O) groups is 5. The number of imide groups is 1. The Labute approximate surface area is 392 Å². The van der Waals surface area contributed by atoms with Gasteiger partial charge in [0, 0.05) is 81.1 Å². The molecule has 0 saturated carbocycles. The molecule has 0 spiro atoms. The predicted octanol–water partition coefficient (Wildman–Crippen LogP) is 6.90. The molecule has 1 fully saturated rings. The van der Waals surface area contributed by atoms with Gasteiger partial charge in [-0.2, -0.15) is 0 Å². The van der Waals surface area contributed by atoms with Crippen molar-refractivity contribution in [2.24, 2.45) is 4.99 Å². The van der Waals surface area contributed by atoms with E-state index < -0.39 is 17.8 Å². The Morgan fingerprint density at radius 3 is 1.94 bits per heavy atom. The van der Waals surface area contributed by atoms with Crippen LogP contribution in [0.2, 0.25) is 0 Å². The lowest BCUT2D eigenvalue weighted by Gasteiger charge is -2.22. The summed E-state index contributed by atoms with van der Waals surface area (Å²) in [5.74, 6) is -0.398. The Morgan fingerprint density at radius 1 is 0.721 bits per heavy atom. The predicted molar refractivity (Wildman–Crippen MR) is 252 cm³/mol. The highest BCUT2D eigenvalue weighted by molar-refractivity contribution is 6.15. The van der Waals surface area contributed by atoms with E-state index in [1.165, 1.54) is 7.11 Å². The quantitative estimate of drug-likeness (QED) is 0.0843. The largest absolute Gasteiger partial charge is 0.493 e. The van der Waals surface area contributed by atoms with Gasteiger partial charge >= 0.3 is 5.97 Å². The van der Waals surface area contributed by atoms with Crippen LogP contribution in [0, 0.1) is 0 Å². The molecular formula is C52H49N6O10+. The van der Waals surface area contributed by atoms with Gasteiger partial charge in [-0.05, 0) is 65.1 Å². The van der Waals surface area contributed by atoms with Crippen LogP contribution < -0.4 is 33.6 Å². The van der Waals surface area contributed by atoms with Crippen LogP contribution in [-0.2, 0) is 45.3 Å². The van der Waals surface area contributed by atoms with E-state index in [1.807, 2.05) is 101 Å². The molecule has 5 aromatic carbocycles. The molecule has 0 unspecified atom stereocenters. The maximum Gasteiger partial charge on any atom is 0.333 e. The van der Waals surface area contributed by atoms with Gasteiger partial charge in [0.1, 0.15) is 31.9 Å². The highest BCUT2D eigenvalue weighted by Crippen LogP contribution is 2.43. The van der Waals surface area contributed by atoms with Gasteiger partial charge in [0.25, 0.3) is 23.6 Å². The summed E-state index contributed by atoms with van der Waals surface area (Å²) < 4.78 is 26.6. The lowest BCUT2D eigenvalue weighted by atomic mass is 10.1. The number of hydrogen-bond acceptors (Lipinski definition) is 12. The fraction of sp³-hybridized carbons (Fsp3) is 0.288. The van der Waals surface area contributed by atoms with Crippen molar-refractivity contribution in [3.8, 4) is 23.0 Å². The molecule has 5 aliphatic heterocycles. The van der Waals surface area contributed by atoms with E-state index in [4.69, 9.17) is 28.8 Å². The summed E-state index contributed by atoms with van der Waals surface area (Å²) in [4.78, 5) is 80.3. The number of methoxy groups -OCH3 is 2. The van der Waals surface area contributed by atoms with Crippen LogP contribution in [0.1, 0.15) is 68.7 Å². The van der Waals surface area contributed by atoms with Crippen LogP contribution >= 0.6 is 0 Å². The fourth-order valence-corrected chi connectivity index (χ4v) is 9.58. The van der Waals surface area contributed by atoms with Crippen molar-refractivity contribution < 1.29 is 52.3 Å². The number of nitrogens with zero attached hydrogens (tertiary/aromatic N) is 6. The van der Waals surface area contributed by atoms with Crippen LogP contribution in [0.3, 0.4) is 0 Å². The Balaban J connectivity index is 0.905. The van der Waals surface area contributed by atoms with Crippen LogP contribution in [0.15, 0.2) is 96.0 Å². The van der Waals surface area contributed by atoms with E-state index >= 15 is 0 Å². The normalized spacial score (nSPS) is 17.6. The Bertz CT molecular complexity index is 2970. The van der Waals surface area contributed by atoms with E-state index in [-0.39, 0.29) is 56.4 Å². The lowest BCUT2D eigenvalue weighted by Crippen LogP contribution is -2.38. The molecule has 4 amide bonds. The number of hydroxylamine groups is 2. The molecule has 5 aromatic rings. The van der Waals surface area contributed by atoms with E-state index in [9.17, 15) is 24.0 Å². The second-order valence-corrected chi connectivity index (χ2v) is 17.4. The smallest absolute Gasteiger partial charge is 0.333 e. The summed E-state index contributed by atoms with van der Waals surface area (Å²) in [5, 5.41) is 0.558. The maximum absolute atomic E-state index is 14.2. The number of anilines is 3. The van der Waals surface area contributed by atoms with Crippen molar-refractivity contribution >= 4 is 70.5 Å². The number of hydrogen-bond donors (Lipinski definition) is 0. The third-order valence-corrected chi connectivity index (χ3v) is 13.0. The molecule has 16 heteroatoms. The van der Waals surface area contributed by atoms with Gasteiger partial charge in [0.15, 0.2) is 29.2 Å². The third-order valence-electron chi connectivity index (χ3n) is 13.0. The van der Waals surface area contributed by atoms with Gasteiger partial charge < -0.3 is 28.7 Å². The second kappa shape index (κ2) is 18.0. The van der Waals surface area contributed by atoms with Crippen molar-refractivity contribution in [3.05, 3.63) is 124 Å². The minimum atomic E-state index is -0.672. The number of carbonyl (C=O) groups excluding carboxylic acids is 5. The van der Waals surface area contributed by atoms with Gasteiger partial charge in [0.05, 0.1) is 37.6 Å². The summed E-state index contributed by atoms with van der Waals surface area (Å²) in [6.45, 7) is 0.629. The number of aliphatic imine (C=N–C) groups is 1. The van der Waals surface area contributed by atoms with Crippen molar-refractivity contribution in [1.29, 1.82) is 0 Å². The molecule has 0 radical (unpaired) electrons. The molecule has 2 atom stereocenters. The van der Waals surface area contributed by atoms with Crippen LogP contribution in [0.5, 0.6) is 23.0 Å². The van der Waals surface area contributed by atoms with Crippen molar-refractivity contribution in [2.75, 3.05) is 49.6 Å². The molecule has 5 aliphatic rings. The lowest BCUT2D eigenvalue weighted by molar-refractivity contribution is -0.401. The molecule has 346 valence electrons. The standard InChI is InChI=1S/C52H49N6O10/c1-54(17-9-14-50(61)68-58-48(59)15-16-49(58)60)35-19-31(29-66-46-25-40-38(23-44(46)64-3)51(62)56-36(27-53-40)21-33-10-5-7-12-41(33)56)18-32(20-35)30-67-47-26-43-39(24-45(47)65-4)52(63)57-37(28-55(43)2)22-34-11-6-8-13-42(34)57/h5-8,10-13,18-20,23-28,36-37H,9,14-17,21-22,29-30H2,1-4H3/q+1/t36-,37-/m0/s1. The summed E-state index contributed by atoms with van der Waals surface area (Å²) in [6.07, 6.45) is 5.64. The molecular weight excluding hydrogens is 869 g/mol. The van der Waals surface area contributed by atoms with Crippen molar-refractivity contribution in [3.63, 3.8) is 0 Å². The zero-order valence-corrected chi connectivity index (χ0v) is 38.1. The average Bonchev–Trinajstić information content (AvgIpc) is 3.97. The van der Waals surface area contributed by atoms with Crippen LogP contribution in [-0.4, -0.2) is 98.6 Å². The van der Waals surface area contributed by atoms with Gasteiger partial charge in [0.2, 0.25) is 5.69 Å². The minimum Gasteiger partial charge on any atom is -0.493 e. The Kier molecular flexibility index (Phi) is 11.6. The van der Waals surface area contributed by atoms with Gasteiger partial charge in [-0.25, -0.2) is 9.37 Å². The summed E-state index contributed by atoms with van der Waals surface area (Å²) >= 11 is 0. The number of para-hydroxylation sites is 2. The summed E-state index contributed by atoms with van der Waals surface area (Å²) in [7, 11) is 6.89. The molecule has 0 bridgehead atoms. The molecule has 5 heterocycles. The average molecular weight is 918 g/mol. The van der Waals surface area contributed by atoms with Gasteiger partial charge in [-0.15, -0.1) is 5.06 Å². The molecule has 1 saturated heterocycles. The number of benzene rings is 5. The van der Waals surface area contributed by atoms with E-state index in [0.29, 0.717) is 76.4 Å². The molecule has 0 aromatic heterocycles. The monoisotopic (exact) mass is 917 g/mol. The third kappa shape index (κ3) is 8.15. The Hall–Kier alpha value is -8.01. The van der Waals surface area contributed by atoms with Crippen LogP contribution in [0.25, 0.3) is 0 Å². The zero-order chi connectivity index (χ0) is 47.2. The Morgan fingerprint density at radius 2 is 1.29 bits per heavy atom. The first kappa shape index (κ1) is 43.9. The van der Waals surface area contributed by atoms with Gasteiger partial charge in [-0.3, -0.25) is 34.0 Å². The summed E-state index contributed by atoms with van der Waals surface area (Å²) in [5.41, 5.74) is 8.39. The first-order valence-corrected chi connectivity index (χ1v) is 22.5. The number of rotatable bonds is 14. The molecule has 0 aliphatic carbocycles.